The number of carbonyl (C=O) groups is 3. The Morgan fingerprint density at radius 3 is 2.29 bits per heavy atom. The van der Waals surface area contributed by atoms with E-state index in [0.29, 0.717) is 30.6 Å². The van der Waals surface area contributed by atoms with Crippen LogP contribution in [0.25, 0.3) is 0 Å². The highest BCUT2D eigenvalue weighted by Gasteiger charge is 2.34. The Balaban J connectivity index is 1.63. The largest absolute Gasteiger partial charge is 0.465 e. The number of imide groups is 1. The molecule has 2 rings (SSSR count). The number of carboxylic acid groups (broad SMARTS) is 1. The van der Waals surface area contributed by atoms with Crippen molar-refractivity contribution < 1.29 is 24.6 Å². The molecular formula is C16H21N3O5. The minimum Gasteiger partial charge on any atom is -0.465 e. The van der Waals surface area contributed by atoms with Crippen molar-refractivity contribution in [1.82, 2.24) is 15.5 Å². The highest BCUT2D eigenvalue weighted by atomic mass is 16.4. The predicted octanol–water partition coefficient (Wildman–Crippen LogP) is 0.281. The molecule has 0 fully saturated rings. The zero-order valence-corrected chi connectivity index (χ0v) is 13.2. The lowest BCUT2D eigenvalue weighted by atomic mass is 10.1. The maximum Gasteiger partial charge on any atom is 0.404 e. The number of aliphatic hydroxyl groups excluding tert-OH is 1. The summed E-state index contributed by atoms with van der Waals surface area (Å²) in [5, 5.41) is 23.0. The van der Waals surface area contributed by atoms with E-state index >= 15 is 0 Å². The van der Waals surface area contributed by atoms with Gasteiger partial charge in [-0.1, -0.05) is 12.1 Å². The lowest BCUT2D eigenvalue weighted by Gasteiger charge is -2.14. The highest BCUT2D eigenvalue weighted by molar-refractivity contribution is 6.21. The number of hydrogen-bond donors (Lipinski definition) is 4. The normalized spacial score (nSPS) is 14.6. The lowest BCUT2D eigenvalue weighted by molar-refractivity contribution is 0.0651. The van der Waals surface area contributed by atoms with E-state index in [1.807, 2.05) is 0 Å². The van der Waals surface area contributed by atoms with E-state index in [1.54, 1.807) is 24.3 Å². The molecule has 0 bridgehead atoms. The van der Waals surface area contributed by atoms with Gasteiger partial charge in [0.25, 0.3) is 11.8 Å². The van der Waals surface area contributed by atoms with Crippen LogP contribution in [-0.4, -0.2) is 65.3 Å². The topological polar surface area (TPSA) is 119 Å². The fraction of sp³-hybridized carbons (Fsp3) is 0.438. The zero-order chi connectivity index (χ0) is 17.5. The Hall–Kier alpha value is -2.45. The van der Waals surface area contributed by atoms with Crippen molar-refractivity contribution in [2.75, 3.05) is 26.2 Å². The smallest absolute Gasteiger partial charge is 0.404 e. The monoisotopic (exact) mass is 335 g/mol. The van der Waals surface area contributed by atoms with Crippen LogP contribution in [0.4, 0.5) is 4.79 Å². The second-order valence-electron chi connectivity index (χ2n) is 5.56. The second kappa shape index (κ2) is 8.42. The van der Waals surface area contributed by atoms with Gasteiger partial charge in [-0.2, -0.15) is 0 Å². The third kappa shape index (κ3) is 4.53. The van der Waals surface area contributed by atoms with Gasteiger partial charge in [-0.05, 0) is 31.5 Å². The van der Waals surface area contributed by atoms with Crippen molar-refractivity contribution in [2.24, 2.45) is 0 Å². The summed E-state index contributed by atoms with van der Waals surface area (Å²) in [5.41, 5.74) is 0.907. The predicted molar refractivity (Wildman–Crippen MR) is 85.9 cm³/mol. The quantitative estimate of drug-likeness (QED) is 0.380. The van der Waals surface area contributed by atoms with E-state index in [9.17, 15) is 19.5 Å². The van der Waals surface area contributed by atoms with Crippen LogP contribution in [0.1, 0.15) is 33.6 Å². The molecule has 3 amide bonds. The van der Waals surface area contributed by atoms with Crippen molar-refractivity contribution >= 4 is 17.9 Å². The SMILES string of the molecule is O=C(O)NCC(O)CNCCCCN1C(=O)c2ccccc2C1=O. The average molecular weight is 335 g/mol. The molecule has 0 aromatic heterocycles. The molecule has 4 N–H and O–H groups in total. The molecule has 8 nitrogen and oxygen atoms in total. The summed E-state index contributed by atoms with van der Waals surface area (Å²) in [4.78, 5) is 35.8. The standard InChI is InChI=1S/C16H21N3O5/c20-11(10-18-16(23)24)9-17-7-3-4-8-19-14(21)12-5-1-2-6-13(12)15(19)22/h1-2,5-6,11,17-18,20H,3-4,7-10H2,(H,23,24). The number of fused-ring (bicyclic) bond motifs is 1. The average Bonchev–Trinajstić information content (AvgIpc) is 2.81. The number of aliphatic hydroxyl groups is 1. The van der Waals surface area contributed by atoms with Crippen molar-refractivity contribution in [3.05, 3.63) is 35.4 Å². The van der Waals surface area contributed by atoms with E-state index < -0.39 is 12.2 Å². The molecule has 1 atom stereocenters. The Bertz CT molecular complexity index is 584. The van der Waals surface area contributed by atoms with Crippen LogP contribution in [0.3, 0.4) is 0 Å². The molecule has 1 aliphatic rings. The van der Waals surface area contributed by atoms with Gasteiger partial charge in [0, 0.05) is 19.6 Å². The molecule has 1 heterocycles. The van der Waals surface area contributed by atoms with Crippen molar-refractivity contribution in [1.29, 1.82) is 0 Å². The van der Waals surface area contributed by atoms with Gasteiger partial charge >= 0.3 is 6.09 Å². The maximum absolute atomic E-state index is 12.1. The summed E-state index contributed by atoms with van der Waals surface area (Å²) in [5.74, 6) is -0.502. The third-order valence-electron chi connectivity index (χ3n) is 3.73. The molecule has 1 unspecified atom stereocenters. The summed E-state index contributed by atoms with van der Waals surface area (Å²) >= 11 is 0. The van der Waals surface area contributed by atoms with Crippen LogP contribution >= 0.6 is 0 Å². The van der Waals surface area contributed by atoms with Crippen LogP contribution in [0.2, 0.25) is 0 Å². The van der Waals surface area contributed by atoms with Crippen molar-refractivity contribution in [2.45, 2.75) is 18.9 Å². The van der Waals surface area contributed by atoms with E-state index in [2.05, 4.69) is 10.6 Å². The van der Waals surface area contributed by atoms with Gasteiger partial charge < -0.3 is 20.8 Å². The van der Waals surface area contributed by atoms with Gasteiger partial charge in [0.15, 0.2) is 0 Å². The molecule has 0 spiro atoms. The molecule has 1 aromatic rings. The first-order chi connectivity index (χ1) is 11.5. The summed E-state index contributed by atoms with van der Waals surface area (Å²) in [6.07, 6.45) is -0.582. The fourth-order valence-corrected chi connectivity index (χ4v) is 2.51. The van der Waals surface area contributed by atoms with Gasteiger partial charge in [0.05, 0.1) is 17.2 Å². The van der Waals surface area contributed by atoms with Crippen LogP contribution in [0, 0.1) is 0 Å². The first-order valence-electron chi connectivity index (χ1n) is 7.81. The molecule has 24 heavy (non-hydrogen) atoms. The molecule has 0 saturated heterocycles. The van der Waals surface area contributed by atoms with Crippen molar-refractivity contribution in [3.63, 3.8) is 0 Å². The van der Waals surface area contributed by atoms with Gasteiger partial charge in [-0.15, -0.1) is 0 Å². The van der Waals surface area contributed by atoms with Gasteiger partial charge in [-0.25, -0.2) is 4.79 Å². The fourth-order valence-electron chi connectivity index (χ4n) is 2.51. The maximum atomic E-state index is 12.1. The Kier molecular flexibility index (Phi) is 6.28. The van der Waals surface area contributed by atoms with Crippen LogP contribution in [0.15, 0.2) is 24.3 Å². The van der Waals surface area contributed by atoms with E-state index in [1.165, 1.54) is 4.90 Å². The van der Waals surface area contributed by atoms with E-state index in [4.69, 9.17) is 5.11 Å². The highest BCUT2D eigenvalue weighted by Crippen LogP contribution is 2.22. The summed E-state index contributed by atoms with van der Waals surface area (Å²) in [7, 11) is 0. The first-order valence-corrected chi connectivity index (χ1v) is 7.81. The molecule has 1 aliphatic heterocycles. The van der Waals surface area contributed by atoms with Crippen LogP contribution in [-0.2, 0) is 0 Å². The molecule has 0 saturated carbocycles. The summed E-state index contributed by atoms with van der Waals surface area (Å²) in [6, 6.07) is 6.79. The number of unbranched alkanes of at least 4 members (excludes halogenated alkanes) is 1. The summed E-state index contributed by atoms with van der Waals surface area (Å²) in [6.45, 7) is 1.20. The number of nitrogens with zero attached hydrogens (tertiary/aromatic N) is 1. The Labute approximate surface area is 139 Å². The zero-order valence-electron chi connectivity index (χ0n) is 13.2. The van der Waals surface area contributed by atoms with Gasteiger partial charge in [0.2, 0.25) is 0 Å². The first kappa shape index (κ1) is 17.9. The third-order valence-corrected chi connectivity index (χ3v) is 3.73. The Morgan fingerprint density at radius 2 is 1.71 bits per heavy atom. The number of amides is 3. The molecule has 0 aliphatic carbocycles. The molecule has 1 aromatic carbocycles. The van der Waals surface area contributed by atoms with Gasteiger partial charge in [-0.3, -0.25) is 14.5 Å². The molecule has 0 radical (unpaired) electrons. The van der Waals surface area contributed by atoms with Crippen LogP contribution in [0.5, 0.6) is 0 Å². The van der Waals surface area contributed by atoms with Crippen molar-refractivity contribution in [3.8, 4) is 0 Å². The number of rotatable bonds is 9. The number of carbonyl (C=O) groups excluding carboxylic acids is 2. The molecule has 8 heteroatoms. The minimum atomic E-state index is -1.17. The minimum absolute atomic E-state index is 0.0304. The van der Waals surface area contributed by atoms with E-state index in [-0.39, 0.29) is 24.9 Å². The molecule has 130 valence electrons. The summed E-state index contributed by atoms with van der Waals surface area (Å²) < 4.78 is 0. The number of benzene rings is 1. The lowest BCUT2D eigenvalue weighted by Crippen LogP contribution is -2.38. The number of hydrogen-bond acceptors (Lipinski definition) is 5. The van der Waals surface area contributed by atoms with Gasteiger partial charge in [0.1, 0.15) is 0 Å². The second-order valence-corrected chi connectivity index (χ2v) is 5.56. The molecular weight excluding hydrogens is 314 g/mol. The Morgan fingerprint density at radius 1 is 1.08 bits per heavy atom. The van der Waals surface area contributed by atoms with Crippen LogP contribution < -0.4 is 10.6 Å². The van der Waals surface area contributed by atoms with E-state index in [0.717, 1.165) is 6.42 Å². The number of nitrogens with one attached hydrogen (secondary N) is 2.